The van der Waals surface area contributed by atoms with Crippen molar-refractivity contribution in [3.8, 4) is 11.5 Å². The van der Waals surface area contributed by atoms with Gasteiger partial charge in [0.2, 0.25) is 5.91 Å². The van der Waals surface area contributed by atoms with E-state index in [-0.39, 0.29) is 24.1 Å². The van der Waals surface area contributed by atoms with E-state index in [0.29, 0.717) is 30.3 Å². The lowest BCUT2D eigenvalue weighted by atomic mass is 10.1. The summed E-state index contributed by atoms with van der Waals surface area (Å²) < 4.78 is 66.3. The van der Waals surface area contributed by atoms with Crippen LogP contribution in [0.25, 0.3) is 0 Å². The van der Waals surface area contributed by atoms with Crippen LogP contribution in [0, 0.1) is 23.3 Å². The molecular weight excluding hydrogens is 430 g/mol. The summed E-state index contributed by atoms with van der Waals surface area (Å²) in [6.45, 7) is 4.12. The van der Waals surface area contributed by atoms with Gasteiger partial charge in [-0.05, 0) is 31.5 Å². The molecule has 1 N–H and O–H groups in total. The third-order valence-electron chi connectivity index (χ3n) is 4.42. The summed E-state index contributed by atoms with van der Waals surface area (Å²) in [5, 5.41) is 6.51. The van der Waals surface area contributed by atoms with E-state index in [0.717, 1.165) is 4.68 Å². The van der Waals surface area contributed by atoms with Crippen LogP contribution < -0.4 is 14.8 Å². The first-order valence-electron chi connectivity index (χ1n) is 9.85. The molecule has 0 radical (unpaired) electrons. The molecule has 0 aliphatic heterocycles. The summed E-state index contributed by atoms with van der Waals surface area (Å²) in [5.41, 5.74) is 0.282. The van der Waals surface area contributed by atoms with Gasteiger partial charge in [0.15, 0.2) is 29.0 Å². The number of halogens is 4. The third kappa shape index (κ3) is 5.37. The molecule has 0 unspecified atom stereocenters. The fourth-order valence-corrected chi connectivity index (χ4v) is 3.02. The van der Waals surface area contributed by atoms with Gasteiger partial charge in [-0.3, -0.25) is 9.48 Å². The standard InChI is InChI=1S/C22H21F4N3O3/c1-3-31-18-6-5-13(7-19(18)32-4-2)8-20(30)28-14-10-27-29(11-14)12-15-16(23)9-17(24)22(26)21(15)25/h5-7,9-11H,3-4,8,12H2,1-2H3,(H,28,30). The predicted octanol–water partition coefficient (Wildman–Crippen LogP) is 4.47. The molecule has 0 saturated heterocycles. The first kappa shape index (κ1) is 23.1. The third-order valence-corrected chi connectivity index (χ3v) is 4.42. The molecule has 0 fully saturated rings. The Morgan fingerprint density at radius 2 is 1.72 bits per heavy atom. The monoisotopic (exact) mass is 451 g/mol. The van der Waals surface area contributed by atoms with Crippen molar-refractivity contribution in [2.75, 3.05) is 18.5 Å². The van der Waals surface area contributed by atoms with Crippen molar-refractivity contribution in [3.05, 3.63) is 71.1 Å². The molecule has 0 saturated carbocycles. The first-order chi connectivity index (χ1) is 15.3. The number of nitrogens with one attached hydrogen (secondary N) is 1. The Labute approximate surface area is 181 Å². The summed E-state index contributed by atoms with van der Waals surface area (Å²) in [4.78, 5) is 12.4. The zero-order valence-corrected chi connectivity index (χ0v) is 17.4. The van der Waals surface area contributed by atoms with Crippen LogP contribution in [0.1, 0.15) is 25.0 Å². The number of hydrogen-bond acceptors (Lipinski definition) is 4. The van der Waals surface area contributed by atoms with Gasteiger partial charge in [0.05, 0.1) is 38.1 Å². The van der Waals surface area contributed by atoms with Crippen molar-refractivity contribution in [1.29, 1.82) is 0 Å². The molecule has 1 heterocycles. The maximum absolute atomic E-state index is 13.8. The number of anilines is 1. The van der Waals surface area contributed by atoms with Crippen molar-refractivity contribution in [3.63, 3.8) is 0 Å². The van der Waals surface area contributed by atoms with Crippen LogP contribution >= 0.6 is 0 Å². The van der Waals surface area contributed by atoms with Gasteiger partial charge in [0.1, 0.15) is 5.82 Å². The maximum Gasteiger partial charge on any atom is 0.228 e. The number of aromatic nitrogens is 2. The molecule has 0 aliphatic rings. The van der Waals surface area contributed by atoms with E-state index in [1.807, 2.05) is 13.8 Å². The molecule has 32 heavy (non-hydrogen) atoms. The van der Waals surface area contributed by atoms with Gasteiger partial charge in [0, 0.05) is 17.8 Å². The zero-order chi connectivity index (χ0) is 23.3. The van der Waals surface area contributed by atoms with Gasteiger partial charge in [-0.2, -0.15) is 5.10 Å². The zero-order valence-electron chi connectivity index (χ0n) is 17.4. The van der Waals surface area contributed by atoms with Crippen LogP contribution in [-0.4, -0.2) is 28.9 Å². The highest BCUT2D eigenvalue weighted by molar-refractivity contribution is 5.92. The van der Waals surface area contributed by atoms with E-state index in [1.54, 1.807) is 18.2 Å². The second kappa shape index (κ2) is 10.2. The second-order valence-electron chi connectivity index (χ2n) is 6.75. The van der Waals surface area contributed by atoms with Crippen molar-refractivity contribution < 1.29 is 31.8 Å². The predicted molar refractivity (Wildman–Crippen MR) is 109 cm³/mol. The smallest absolute Gasteiger partial charge is 0.228 e. The van der Waals surface area contributed by atoms with E-state index < -0.39 is 35.4 Å². The van der Waals surface area contributed by atoms with Gasteiger partial charge in [-0.15, -0.1) is 0 Å². The Bertz CT molecular complexity index is 1120. The number of amides is 1. The molecule has 0 bridgehead atoms. The number of nitrogens with zero attached hydrogens (tertiary/aromatic N) is 2. The summed E-state index contributed by atoms with van der Waals surface area (Å²) in [6.07, 6.45) is 2.63. The molecule has 6 nitrogen and oxygen atoms in total. The van der Waals surface area contributed by atoms with Crippen LogP contribution in [0.3, 0.4) is 0 Å². The molecule has 0 atom stereocenters. The lowest BCUT2D eigenvalue weighted by Gasteiger charge is -2.12. The van der Waals surface area contributed by atoms with Crippen LogP contribution in [0.4, 0.5) is 23.2 Å². The average molecular weight is 451 g/mol. The molecular formula is C22H21F4N3O3. The number of ether oxygens (including phenoxy) is 2. The normalized spacial score (nSPS) is 10.8. The van der Waals surface area contributed by atoms with E-state index >= 15 is 0 Å². The average Bonchev–Trinajstić information content (AvgIpc) is 3.18. The molecule has 0 spiro atoms. The van der Waals surface area contributed by atoms with Crippen molar-refractivity contribution >= 4 is 11.6 Å². The van der Waals surface area contributed by atoms with E-state index in [2.05, 4.69) is 10.4 Å². The van der Waals surface area contributed by atoms with Crippen LogP contribution in [-0.2, 0) is 17.8 Å². The molecule has 10 heteroatoms. The Balaban J connectivity index is 1.67. The minimum Gasteiger partial charge on any atom is -0.490 e. The molecule has 3 aromatic rings. The highest BCUT2D eigenvalue weighted by Crippen LogP contribution is 2.29. The molecule has 170 valence electrons. The largest absolute Gasteiger partial charge is 0.490 e. The molecule has 1 amide bonds. The van der Waals surface area contributed by atoms with Crippen molar-refractivity contribution in [2.24, 2.45) is 0 Å². The van der Waals surface area contributed by atoms with Crippen LogP contribution in [0.5, 0.6) is 11.5 Å². The van der Waals surface area contributed by atoms with Gasteiger partial charge in [-0.25, -0.2) is 17.6 Å². The number of hydrogen-bond donors (Lipinski definition) is 1. The summed E-state index contributed by atoms with van der Waals surface area (Å²) >= 11 is 0. The summed E-state index contributed by atoms with van der Waals surface area (Å²) in [5.74, 6) is -5.48. The SMILES string of the molecule is CCOc1ccc(CC(=O)Nc2cnn(Cc3c(F)cc(F)c(F)c3F)c2)cc1OCC. The minimum atomic E-state index is -1.76. The second-order valence-corrected chi connectivity index (χ2v) is 6.75. The Morgan fingerprint density at radius 1 is 1.00 bits per heavy atom. The fraction of sp³-hybridized carbons (Fsp3) is 0.273. The van der Waals surface area contributed by atoms with Crippen LogP contribution in [0.2, 0.25) is 0 Å². The Morgan fingerprint density at radius 3 is 2.44 bits per heavy atom. The van der Waals surface area contributed by atoms with Gasteiger partial charge in [-0.1, -0.05) is 6.07 Å². The highest BCUT2D eigenvalue weighted by Gasteiger charge is 2.19. The first-order valence-corrected chi connectivity index (χ1v) is 9.85. The lowest BCUT2D eigenvalue weighted by molar-refractivity contribution is -0.115. The number of rotatable bonds is 9. The lowest BCUT2D eigenvalue weighted by Crippen LogP contribution is -2.14. The molecule has 1 aromatic heterocycles. The van der Waals surface area contributed by atoms with Crippen LogP contribution in [0.15, 0.2) is 36.7 Å². The molecule has 3 rings (SSSR count). The van der Waals surface area contributed by atoms with Gasteiger partial charge in [0.25, 0.3) is 0 Å². The maximum atomic E-state index is 13.8. The summed E-state index contributed by atoms with van der Waals surface area (Å²) in [7, 11) is 0. The van der Waals surface area contributed by atoms with E-state index in [4.69, 9.17) is 9.47 Å². The Kier molecular flexibility index (Phi) is 7.34. The molecule has 0 aliphatic carbocycles. The van der Waals surface area contributed by atoms with E-state index in [9.17, 15) is 22.4 Å². The fourth-order valence-electron chi connectivity index (χ4n) is 3.02. The topological polar surface area (TPSA) is 65.4 Å². The van der Waals surface area contributed by atoms with E-state index in [1.165, 1.54) is 12.4 Å². The molecule has 2 aromatic carbocycles. The Hall–Kier alpha value is -3.56. The van der Waals surface area contributed by atoms with Gasteiger partial charge < -0.3 is 14.8 Å². The van der Waals surface area contributed by atoms with Crippen molar-refractivity contribution in [1.82, 2.24) is 9.78 Å². The minimum absolute atomic E-state index is 0.0318. The van der Waals surface area contributed by atoms with Crippen molar-refractivity contribution in [2.45, 2.75) is 26.8 Å². The number of carbonyl (C=O) groups excluding carboxylic acids is 1. The highest BCUT2D eigenvalue weighted by atomic mass is 19.2. The van der Waals surface area contributed by atoms with Gasteiger partial charge >= 0.3 is 0 Å². The number of carbonyl (C=O) groups is 1. The quantitative estimate of drug-likeness (QED) is 0.296. The number of benzene rings is 2. The summed E-state index contributed by atoms with van der Waals surface area (Å²) in [6, 6.07) is 5.45.